The number of amides is 1. The summed E-state index contributed by atoms with van der Waals surface area (Å²) in [5.41, 5.74) is 1.74. The van der Waals surface area contributed by atoms with Crippen LogP contribution in [-0.2, 0) is 4.79 Å². The van der Waals surface area contributed by atoms with E-state index in [9.17, 15) is 4.79 Å². The van der Waals surface area contributed by atoms with Gasteiger partial charge in [-0.2, -0.15) is 0 Å². The first kappa shape index (κ1) is 12.6. The topological polar surface area (TPSA) is 32.3 Å². The van der Waals surface area contributed by atoms with Crippen molar-refractivity contribution in [2.24, 2.45) is 5.41 Å². The Morgan fingerprint density at radius 3 is 2.71 bits per heavy atom. The molecule has 0 aromatic heterocycles. The van der Waals surface area contributed by atoms with Crippen LogP contribution in [-0.4, -0.2) is 36.5 Å². The molecule has 0 aromatic carbocycles. The molecule has 17 heavy (non-hydrogen) atoms. The molecule has 1 amide bonds. The summed E-state index contributed by atoms with van der Waals surface area (Å²) >= 11 is 0. The monoisotopic (exact) mass is 236 g/mol. The summed E-state index contributed by atoms with van der Waals surface area (Å²) < 4.78 is 0. The number of hydrogen-bond donors (Lipinski definition) is 1. The maximum Gasteiger partial charge on any atom is 0.239 e. The Morgan fingerprint density at radius 1 is 1.47 bits per heavy atom. The molecule has 0 aliphatic carbocycles. The fourth-order valence-electron chi connectivity index (χ4n) is 2.67. The van der Waals surface area contributed by atoms with Crippen LogP contribution in [0.4, 0.5) is 0 Å². The quantitative estimate of drug-likeness (QED) is 0.706. The first-order valence-electron chi connectivity index (χ1n) is 6.70. The van der Waals surface area contributed by atoms with E-state index in [1.165, 1.54) is 5.57 Å². The maximum atomic E-state index is 12.2. The third kappa shape index (κ3) is 2.89. The second-order valence-corrected chi connectivity index (χ2v) is 6.16. The van der Waals surface area contributed by atoms with Crippen molar-refractivity contribution < 1.29 is 4.79 Å². The molecule has 2 rings (SSSR count). The zero-order valence-corrected chi connectivity index (χ0v) is 11.3. The van der Waals surface area contributed by atoms with Gasteiger partial charge in [-0.05, 0) is 31.2 Å². The molecule has 0 aromatic rings. The second-order valence-electron chi connectivity index (χ2n) is 6.16. The molecule has 2 aliphatic heterocycles. The number of carbonyl (C=O) groups excluding carboxylic acids is 1. The van der Waals surface area contributed by atoms with Gasteiger partial charge in [-0.3, -0.25) is 4.79 Å². The fourth-order valence-corrected chi connectivity index (χ4v) is 2.67. The Morgan fingerprint density at radius 2 is 2.24 bits per heavy atom. The number of carbonyl (C=O) groups is 1. The van der Waals surface area contributed by atoms with Crippen LogP contribution in [0, 0.1) is 5.41 Å². The Balaban J connectivity index is 1.94. The van der Waals surface area contributed by atoms with Gasteiger partial charge in [0.05, 0.1) is 6.04 Å². The van der Waals surface area contributed by atoms with Crippen LogP contribution in [0.1, 0.15) is 40.0 Å². The fraction of sp³-hybridized carbons (Fsp3) is 0.786. The van der Waals surface area contributed by atoms with Gasteiger partial charge in [0.2, 0.25) is 5.91 Å². The molecule has 1 atom stereocenters. The lowest BCUT2D eigenvalue weighted by atomic mass is 9.83. The van der Waals surface area contributed by atoms with Crippen molar-refractivity contribution in [2.75, 3.05) is 19.6 Å². The zero-order valence-electron chi connectivity index (χ0n) is 11.3. The normalized spacial score (nSPS) is 25.9. The lowest BCUT2D eigenvalue weighted by Gasteiger charge is -2.33. The number of nitrogens with one attached hydrogen (secondary N) is 1. The second kappa shape index (κ2) is 4.81. The molecule has 0 bridgehead atoms. The maximum absolute atomic E-state index is 12.2. The van der Waals surface area contributed by atoms with E-state index in [0.29, 0.717) is 5.91 Å². The molecule has 1 fully saturated rings. The van der Waals surface area contributed by atoms with E-state index in [-0.39, 0.29) is 11.5 Å². The van der Waals surface area contributed by atoms with Crippen molar-refractivity contribution in [2.45, 2.75) is 46.1 Å². The van der Waals surface area contributed by atoms with Crippen LogP contribution in [0.3, 0.4) is 0 Å². The minimum Gasteiger partial charge on any atom is -0.337 e. The van der Waals surface area contributed by atoms with Gasteiger partial charge < -0.3 is 10.2 Å². The molecule has 0 unspecified atom stereocenters. The van der Waals surface area contributed by atoms with Crippen molar-refractivity contribution in [3.05, 3.63) is 11.6 Å². The number of hydrogen-bond acceptors (Lipinski definition) is 2. The average molecular weight is 236 g/mol. The number of nitrogens with zero attached hydrogens (tertiary/aromatic N) is 1. The van der Waals surface area contributed by atoms with Gasteiger partial charge in [0, 0.05) is 13.1 Å². The highest BCUT2D eigenvalue weighted by Gasteiger charge is 2.29. The molecular weight excluding hydrogens is 212 g/mol. The van der Waals surface area contributed by atoms with E-state index in [4.69, 9.17) is 0 Å². The first-order valence-corrected chi connectivity index (χ1v) is 6.70. The van der Waals surface area contributed by atoms with Crippen molar-refractivity contribution in [1.82, 2.24) is 10.2 Å². The molecular formula is C14H24N2O. The van der Waals surface area contributed by atoms with Crippen molar-refractivity contribution >= 4 is 5.91 Å². The highest BCUT2D eigenvalue weighted by molar-refractivity contribution is 5.82. The van der Waals surface area contributed by atoms with Crippen LogP contribution >= 0.6 is 0 Å². The smallest absolute Gasteiger partial charge is 0.239 e. The molecule has 0 saturated carbocycles. The van der Waals surface area contributed by atoms with Crippen LogP contribution in [0.2, 0.25) is 0 Å². The molecule has 3 heteroatoms. The predicted molar refractivity (Wildman–Crippen MR) is 69.8 cm³/mol. The molecule has 1 saturated heterocycles. The summed E-state index contributed by atoms with van der Waals surface area (Å²) in [5, 5.41) is 3.28. The van der Waals surface area contributed by atoms with Crippen molar-refractivity contribution in [3.8, 4) is 0 Å². The number of rotatable bonds is 1. The third-order valence-electron chi connectivity index (χ3n) is 3.84. The third-order valence-corrected chi connectivity index (χ3v) is 3.84. The van der Waals surface area contributed by atoms with E-state index in [2.05, 4.69) is 32.2 Å². The summed E-state index contributed by atoms with van der Waals surface area (Å²) in [6.45, 7) is 9.41. The Hall–Kier alpha value is -0.830. The van der Waals surface area contributed by atoms with E-state index in [0.717, 1.165) is 38.9 Å². The Labute approximate surface area is 104 Å². The molecule has 0 radical (unpaired) electrons. The highest BCUT2D eigenvalue weighted by Crippen LogP contribution is 2.30. The lowest BCUT2D eigenvalue weighted by molar-refractivity contribution is -0.132. The van der Waals surface area contributed by atoms with Gasteiger partial charge in [-0.15, -0.1) is 0 Å². The van der Waals surface area contributed by atoms with Crippen LogP contribution in [0.25, 0.3) is 0 Å². The van der Waals surface area contributed by atoms with Crippen molar-refractivity contribution in [1.29, 1.82) is 0 Å². The summed E-state index contributed by atoms with van der Waals surface area (Å²) in [4.78, 5) is 14.2. The largest absolute Gasteiger partial charge is 0.337 e. The van der Waals surface area contributed by atoms with Gasteiger partial charge in [-0.25, -0.2) is 0 Å². The minimum atomic E-state index is 0.0830. The molecule has 3 nitrogen and oxygen atoms in total. The standard InChI is InChI=1S/C14H24N2O/c1-14(2,3)11-6-9-16(10-7-11)13(17)12-5-4-8-15-12/h6,12,15H,4-5,7-10H2,1-3H3/t12-/m1/s1. The van der Waals surface area contributed by atoms with Gasteiger partial charge in [0.15, 0.2) is 0 Å². The van der Waals surface area contributed by atoms with Crippen LogP contribution in [0.15, 0.2) is 11.6 Å². The Bertz CT molecular complexity index is 322. The van der Waals surface area contributed by atoms with Gasteiger partial charge in [-0.1, -0.05) is 32.4 Å². The van der Waals surface area contributed by atoms with E-state index < -0.39 is 0 Å². The molecule has 2 heterocycles. The highest BCUT2D eigenvalue weighted by atomic mass is 16.2. The Kier molecular flexibility index (Phi) is 3.57. The van der Waals surface area contributed by atoms with E-state index >= 15 is 0 Å². The first-order chi connectivity index (χ1) is 7.98. The minimum absolute atomic E-state index is 0.0830. The molecule has 0 spiro atoms. The lowest BCUT2D eigenvalue weighted by Crippen LogP contribution is -2.45. The van der Waals surface area contributed by atoms with Gasteiger partial charge in [0.25, 0.3) is 0 Å². The van der Waals surface area contributed by atoms with E-state index in [1.807, 2.05) is 4.90 Å². The predicted octanol–water partition coefficient (Wildman–Crippen LogP) is 1.94. The van der Waals surface area contributed by atoms with Gasteiger partial charge in [0.1, 0.15) is 0 Å². The van der Waals surface area contributed by atoms with E-state index in [1.54, 1.807) is 0 Å². The molecule has 2 aliphatic rings. The summed E-state index contributed by atoms with van der Waals surface area (Å²) in [6, 6.07) is 0.0830. The summed E-state index contributed by atoms with van der Waals surface area (Å²) in [5.74, 6) is 0.298. The van der Waals surface area contributed by atoms with Crippen molar-refractivity contribution in [3.63, 3.8) is 0 Å². The van der Waals surface area contributed by atoms with Gasteiger partial charge >= 0.3 is 0 Å². The zero-order chi connectivity index (χ0) is 12.5. The summed E-state index contributed by atoms with van der Waals surface area (Å²) in [6.07, 6.45) is 5.41. The molecule has 96 valence electrons. The molecule has 1 N–H and O–H groups in total. The van der Waals surface area contributed by atoms with Crippen LogP contribution in [0.5, 0.6) is 0 Å². The summed E-state index contributed by atoms with van der Waals surface area (Å²) in [7, 11) is 0. The van der Waals surface area contributed by atoms with Crippen LogP contribution < -0.4 is 5.32 Å². The average Bonchev–Trinajstić information content (AvgIpc) is 2.80. The SMILES string of the molecule is CC(C)(C)C1=CCN(C(=O)[C@H]2CCCN2)CC1.